The molecule has 0 amide bonds. The maximum absolute atomic E-state index is 10.7. The minimum Gasteiger partial charge on any atom is -0.462 e. The van der Waals surface area contributed by atoms with E-state index >= 15 is 0 Å². The van der Waals surface area contributed by atoms with Gasteiger partial charge in [-0.2, -0.15) is 11.1 Å². The number of rotatable bonds is 4. The Morgan fingerprint density at radius 2 is 2.00 bits per heavy atom. The Labute approximate surface area is 96.3 Å². The van der Waals surface area contributed by atoms with Crippen molar-refractivity contribution in [1.82, 2.24) is 0 Å². The minimum atomic E-state index is -0.479. The van der Waals surface area contributed by atoms with E-state index in [1.807, 2.05) is 0 Å². The molecule has 78 valence electrons. The summed E-state index contributed by atoms with van der Waals surface area (Å²) >= 11 is 15.6. The number of hydrogen-bond acceptors (Lipinski definition) is 2. The first-order chi connectivity index (χ1) is 6.04. The summed E-state index contributed by atoms with van der Waals surface area (Å²) in [4.78, 5) is 10.2. The summed E-state index contributed by atoms with van der Waals surface area (Å²) in [5.74, 6) is -0.404. The zero-order valence-electron chi connectivity index (χ0n) is 7.65. The Balaban J connectivity index is 0. The van der Waals surface area contributed by atoms with Gasteiger partial charge in [-0.05, 0) is 6.92 Å². The highest BCUT2D eigenvalue weighted by Gasteiger charge is 2.04. The number of hydrogen-bond donors (Lipinski definition) is 0. The summed E-state index contributed by atoms with van der Waals surface area (Å²) in [7, 11) is 0.778. The molecule has 0 aromatic rings. The van der Waals surface area contributed by atoms with Crippen molar-refractivity contribution in [3.05, 3.63) is 12.2 Å². The van der Waals surface area contributed by atoms with Crippen LogP contribution in [0.25, 0.3) is 0 Å². The lowest BCUT2D eigenvalue weighted by molar-refractivity contribution is -0.138. The molecule has 0 rings (SSSR count). The van der Waals surface area contributed by atoms with Gasteiger partial charge in [0.2, 0.25) is 0 Å². The zero-order valence-corrected chi connectivity index (χ0v) is 11.9. The third-order valence-electron chi connectivity index (χ3n) is 0.918. The van der Waals surface area contributed by atoms with Crippen LogP contribution in [0.15, 0.2) is 12.2 Å². The van der Waals surface area contributed by atoms with Gasteiger partial charge in [0.05, 0.1) is 6.61 Å². The Kier molecular flexibility index (Phi) is 12.6. The summed E-state index contributed by atoms with van der Waals surface area (Å²) in [5, 5.41) is 0. The van der Waals surface area contributed by atoms with Crippen molar-refractivity contribution in [2.75, 3.05) is 6.61 Å². The second-order valence-electron chi connectivity index (χ2n) is 2.10. The van der Waals surface area contributed by atoms with Crippen molar-refractivity contribution in [3.63, 3.8) is 0 Å². The monoisotopic (exact) mass is 262 g/mol. The van der Waals surface area contributed by atoms with Crippen LogP contribution in [0.1, 0.15) is 13.3 Å². The van der Waals surface area contributed by atoms with E-state index in [0.29, 0.717) is 12.0 Å². The fourth-order valence-electron chi connectivity index (χ4n) is 0.364. The molecule has 6 heteroatoms. The van der Waals surface area contributed by atoms with Crippen LogP contribution in [-0.2, 0) is 9.53 Å². The summed E-state index contributed by atoms with van der Waals surface area (Å²) in [6.07, 6.45) is 0.447. The quantitative estimate of drug-likeness (QED) is 0.254. The van der Waals surface area contributed by atoms with Crippen molar-refractivity contribution in [1.29, 1.82) is 0 Å². The molecule has 0 atom stereocenters. The van der Waals surface area contributed by atoms with Crippen molar-refractivity contribution in [2.24, 2.45) is 0 Å². The maximum Gasteiger partial charge on any atom is 0.333 e. The summed E-state index contributed by atoms with van der Waals surface area (Å²) < 4.78 is 4.71. The number of esters is 1. The third kappa shape index (κ3) is 12.3. The number of halogens is 3. The van der Waals surface area contributed by atoms with Crippen LogP contribution in [0.2, 0.25) is 0 Å². The van der Waals surface area contributed by atoms with Gasteiger partial charge in [0, 0.05) is 12.0 Å². The van der Waals surface area contributed by atoms with Gasteiger partial charge in [0.25, 0.3) is 0 Å². The highest BCUT2D eigenvalue weighted by Crippen LogP contribution is 2.06. The topological polar surface area (TPSA) is 26.3 Å². The van der Waals surface area contributed by atoms with E-state index in [9.17, 15) is 4.79 Å². The van der Waals surface area contributed by atoms with Gasteiger partial charge < -0.3 is 4.74 Å². The predicted molar refractivity (Wildman–Crippen MR) is 61.7 cm³/mol. The molecule has 0 saturated heterocycles. The second-order valence-corrected chi connectivity index (χ2v) is 3.37. The first kappa shape index (κ1) is 15.8. The van der Waals surface area contributed by atoms with E-state index in [-0.39, 0.29) is 6.61 Å². The van der Waals surface area contributed by atoms with Gasteiger partial charge in [-0.1, -0.05) is 6.58 Å². The largest absolute Gasteiger partial charge is 0.462 e. The molecule has 0 aromatic heterocycles. The summed E-state index contributed by atoms with van der Waals surface area (Å²) in [5.41, 5.74) is 0.380. The number of carbonyl (C=O) groups is 1. The molecule has 0 aromatic carbocycles. The van der Waals surface area contributed by atoms with E-state index in [1.165, 1.54) is 0 Å². The molecule has 0 aliphatic heterocycles. The predicted octanol–water partition coefficient (Wildman–Crippen LogP) is 1.81. The molecule has 0 radical (unpaired) electrons. The van der Waals surface area contributed by atoms with Crippen LogP contribution >= 0.6 is 34.3 Å². The SMILES string of the molecule is C=C(C)C(=O)OCCC(Cl)Cl.[SiH3]Cl. The van der Waals surface area contributed by atoms with Crippen molar-refractivity contribution in [2.45, 2.75) is 18.2 Å². The highest BCUT2D eigenvalue weighted by atomic mass is 35.6. The Bertz CT molecular complexity index is 162. The molecule has 0 spiro atoms. The Morgan fingerprint density at radius 1 is 1.54 bits per heavy atom. The Hall–Kier alpha value is 0.297. The molecule has 0 N–H and O–H groups in total. The van der Waals surface area contributed by atoms with Crippen LogP contribution in [0.4, 0.5) is 0 Å². The first-order valence-electron chi connectivity index (χ1n) is 3.52. The lowest BCUT2D eigenvalue weighted by atomic mass is 10.4. The summed E-state index contributed by atoms with van der Waals surface area (Å²) in [6.45, 7) is 5.24. The van der Waals surface area contributed by atoms with E-state index in [0.717, 1.165) is 9.55 Å². The lowest BCUT2D eigenvalue weighted by Gasteiger charge is -2.03. The molecule has 0 bridgehead atoms. The fraction of sp³-hybridized carbons (Fsp3) is 0.571. The van der Waals surface area contributed by atoms with E-state index in [1.54, 1.807) is 6.92 Å². The van der Waals surface area contributed by atoms with Gasteiger partial charge in [-0.25, -0.2) is 4.79 Å². The first-order valence-corrected chi connectivity index (χ1v) is 7.42. The molecule has 2 nitrogen and oxygen atoms in total. The van der Waals surface area contributed by atoms with E-state index < -0.39 is 10.8 Å². The molecule has 0 unspecified atom stereocenters. The average Bonchev–Trinajstić information content (AvgIpc) is 2.07. The lowest BCUT2D eigenvalue weighted by Crippen LogP contribution is -2.07. The minimum absolute atomic E-state index is 0.239. The van der Waals surface area contributed by atoms with Gasteiger partial charge in [-0.15, -0.1) is 23.2 Å². The third-order valence-corrected chi connectivity index (χ3v) is 1.35. The molecule has 13 heavy (non-hydrogen) atoms. The number of carbonyl (C=O) groups excluding carboxylic acids is 1. The highest BCUT2D eigenvalue weighted by molar-refractivity contribution is 6.80. The van der Waals surface area contributed by atoms with Gasteiger partial charge in [0.1, 0.15) is 14.4 Å². The number of ether oxygens (including phenoxy) is 1. The smallest absolute Gasteiger partial charge is 0.333 e. The molecular weight excluding hydrogens is 251 g/mol. The van der Waals surface area contributed by atoms with Gasteiger partial charge in [0.15, 0.2) is 0 Å². The van der Waals surface area contributed by atoms with Crippen LogP contribution in [0.5, 0.6) is 0 Å². The average molecular weight is 264 g/mol. The van der Waals surface area contributed by atoms with Gasteiger partial charge >= 0.3 is 5.97 Å². The fourth-order valence-corrected chi connectivity index (χ4v) is 0.542. The van der Waals surface area contributed by atoms with Gasteiger partial charge in [-0.3, -0.25) is 0 Å². The van der Waals surface area contributed by atoms with E-state index in [4.69, 9.17) is 39.0 Å². The van der Waals surface area contributed by atoms with Crippen LogP contribution in [-0.4, -0.2) is 27.0 Å². The summed E-state index contributed by atoms with van der Waals surface area (Å²) in [6, 6.07) is 0. The zero-order chi connectivity index (χ0) is 10.9. The van der Waals surface area contributed by atoms with Crippen molar-refractivity contribution >= 4 is 49.8 Å². The van der Waals surface area contributed by atoms with E-state index in [2.05, 4.69) is 6.58 Å². The normalized spacial score (nSPS) is 9.00. The van der Waals surface area contributed by atoms with Crippen molar-refractivity contribution < 1.29 is 9.53 Å². The maximum atomic E-state index is 10.7. The molecule has 0 heterocycles. The molecular formula is C7H13Cl3O2Si. The van der Waals surface area contributed by atoms with Crippen LogP contribution in [0.3, 0.4) is 0 Å². The molecule has 0 saturated carbocycles. The standard InChI is InChI=1S/C7H10Cl2O2.ClH3Si/c1-5(2)7(10)11-4-3-6(8)9;1-2/h6H,1,3-4H2,2H3;2H3. The molecule has 0 aliphatic carbocycles. The number of alkyl halides is 2. The van der Waals surface area contributed by atoms with Crippen LogP contribution < -0.4 is 0 Å². The van der Waals surface area contributed by atoms with Crippen molar-refractivity contribution in [3.8, 4) is 0 Å². The molecule has 0 aliphatic rings. The second kappa shape index (κ2) is 10.4. The Morgan fingerprint density at radius 3 is 2.31 bits per heavy atom. The van der Waals surface area contributed by atoms with Crippen LogP contribution in [0, 0.1) is 0 Å². The molecule has 0 fully saturated rings.